The van der Waals surface area contributed by atoms with Crippen LogP contribution in [0.3, 0.4) is 0 Å². The summed E-state index contributed by atoms with van der Waals surface area (Å²) in [4.78, 5) is 0.365. The molecule has 0 aliphatic carbocycles. The Morgan fingerprint density at radius 3 is 2.53 bits per heavy atom. The SMILES string of the molecule is CC(NC1CCCOC1)c1ccc(S(C)(=O)=O)cc1. The van der Waals surface area contributed by atoms with Crippen molar-refractivity contribution in [2.45, 2.75) is 36.7 Å². The lowest BCUT2D eigenvalue weighted by molar-refractivity contribution is 0.0671. The molecule has 0 aromatic heterocycles. The van der Waals surface area contributed by atoms with Crippen LogP contribution in [0.5, 0.6) is 0 Å². The summed E-state index contributed by atoms with van der Waals surface area (Å²) in [6.45, 7) is 3.70. The number of hydrogen-bond donors (Lipinski definition) is 1. The number of rotatable bonds is 4. The molecule has 19 heavy (non-hydrogen) atoms. The van der Waals surface area contributed by atoms with Crippen molar-refractivity contribution in [1.29, 1.82) is 0 Å². The van der Waals surface area contributed by atoms with Crippen molar-refractivity contribution in [2.24, 2.45) is 0 Å². The van der Waals surface area contributed by atoms with Crippen LogP contribution < -0.4 is 5.32 Å². The summed E-state index contributed by atoms with van der Waals surface area (Å²) in [7, 11) is -3.11. The van der Waals surface area contributed by atoms with E-state index in [0.717, 1.165) is 31.6 Å². The minimum Gasteiger partial charge on any atom is -0.380 e. The molecule has 0 spiro atoms. The molecule has 1 aromatic rings. The maximum absolute atomic E-state index is 11.4. The van der Waals surface area contributed by atoms with Crippen LogP contribution in [0, 0.1) is 0 Å². The number of ether oxygens (including phenoxy) is 1. The smallest absolute Gasteiger partial charge is 0.175 e. The van der Waals surface area contributed by atoms with E-state index >= 15 is 0 Å². The maximum atomic E-state index is 11.4. The molecule has 0 saturated carbocycles. The van der Waals surface area contributed by atoms with E-state index in [1.807, 2.05) is 12.1 Å². The van der Waals surface area contributed by atoms with E-state index in [2.05, 4.69) is 12.2 Å². The molecule has 1 fully saturated rings. The standard InChI is InChI=1S/C14H21NO3S/c1-11(15-13-4-3-9-18-10-13)12-5-7-14(8-6-12)19(2,16)17/h5-8,11,13,15H,3-4,9-10H2,1-2H3. The van der Waals surface area contributed by atoms with E-state index in [4.69, 9.17) is 4.74 Å². The Kier molecular flexibility index (Phi) is 4.60. The number of benzene rings is 1. The van der Waals surface area contributed by atoms with Crippen molar-refractivity contribution in [1.82, 2.24) is 5.32 Å². The Labute approximate surface area is 115 Å². The van der Waals surface area contributed by atoms with Crippen LogP contribution in [0.1, 0.15) is 31.4 Å². The Hall–Kier alpha value is -0.910. The molecule has 2 rings (SSSR count). The second-order valence-corrected chi connectivity index (χ2v) is 7.16. The van der Waals surface area contributed by atoms with Crippen LogP contribution in [-0.2, 0) is 14.6 Å². The van der Waals surface area contributed by atoms with Crippen molar-refractivity contribution in [2.75, 3.05) is 19.5 Å². The number of hydrogen-bond acceptors (Lipinski definition) is 4. The first kappa shape index (κ1) is 14.5. The monoisotopic (exact) mass is 283 g/mol. The molecule has 5 heteroatoms. The highest BCUT2D eigenvalue weighted by molar-refractivity contribution is 7.90. The molecular weight excluding hydrogens is 262 g/mol. The van der Waals surface area contributed by atoms with Gasteiger partial charge in [-0.25, -0.2) is 8.42 Å². The van der Waals surface area contributed by atoms with Gasteiger partial charge in [0.25, 0.3) is 0 Å². The topological polar surface area (TPSA) is 55.4 Å². The summed E-state index contributed by atoms with van der Waals surface area (Å²) in [5, 5.41) is 3.52. The van der Waals surface area contributed by atoms with Crippen molar-refractivity contribution >= 4 is 9.84 Å². The lowest BCUT2D eigenvalue weighted by atomic mass is 10.1. The molecule has 1 aromatic carbocycles. The molecule has 4 nitrogen and oxygen atoms in total. The Morgan fingerprint density at radius 1 is 1.32 bits per heavy atom. The van der Waals surface area contributed by atoms with Gasteiger partial charge in [0, 0.05) is 24.9 Å². The molecule has 2 atom stereocenters. The predicted octanol–water partition coefficient (Wildman–Crippen LogP) is 1.92. The Balaban J connectivity index is 2.01. The van der Waals surface area contributed by atoms with Gasteiger partial charge >= 0.3 is 0 Å². The molecule has 1 N–H and O–H groups in total. The molecule has 0 bridgehead atoms. The van der Waals surface area contributed by atoms with Gasteiger partial charge in [-0.3, -0.25) is 0 Å². The first-order valence-corrected chi connectivity index (χ1v) is 8.50. The fourth-order valence-electron chi connectivity index (χ4n) is 2.33. The van der Waals surface area contributed by atoms with Crippen molar-refractivity contribution in [3.8, 4) is 0 Å². The fraction of sp³-hybridized carbons (Fsp3) is 0.571. The van der Waals surface area contributed by atoms with Gasteiger partial charge in [0.15, 0.2) is 9.84 Å². The highest BCUT2D eigenvalue weighted by Gasteiger charge is 2.17. The molecule has 1 heterocycles. The molecular formula is C14H21NO3S. The van der Waals surface area contributed by atoms with E-state index in [-0.39, 0.29) is 6.04 Å². The second-order valence-electron chi connectivity index (χ2n) is 5.14. The molecule has 0 radical (unpaired) electrons. The lowest BCUT2D eigenvalue weighted by Crippen LogP contribution is -2.38. The molecule has 0 amide bonds. The van der Waals surface area contributed by atoms with Crippen LogP contribution in [0.4, 0.5) is 0 Å². The zero-order chi connectivity index (χ0) is 13.9. The summed E-state index contributed by atoms with van der Waals surface area (Å²) in [5.41, 5.74) is 1.10. The van der Waals surface area contributed by atoms with E-state index in [0.29, 0.717) is 10.9 Å². The highest BCUT2D eigenvalue weighted by Crippen LogP contribution is 2.18. The third kappa shape index (κ3) is 4.03. The minimum atomic E-state index is -3.11. The molecule has 1 aliphatic rings. The number of sulfone groups is 1. The van der Waals surface area contributed by atoms with E-state index in [1.165, 1.54) is 6.26 Å². The largest absolute Gasteiger partial charge is 0.380 e. The Morgan fingerprint density at radius 2 is 2.00 bits per heavy atom. The highest BCUT2D eigenvalue weighted by atomic mass is 32.2. The van der Waals surface area contributed by atoms with Crippen LogP contribution in [0.25, 0.3) is 0 Å². The quantitative estimate of drug-likeness (QED) is 0.917. The lowest BCUT2D eigenvalue weighted by Gasteiger charge is -2.27. The number of nitrogens with one attached hydrogen (secondary N) is 1. The third-order valence-electron chi connectivity index (χ3n) is 3.45. The predicted molar refractivity (Wildman–Crippen MR) is 74.9 cm³/mol. The summed E-state index contributed by atoms with van der Waals surface area (Å²) < 4.78 is 28.2. The van der Waals surface area contributed by atoms with E-state index < -0.39 is 9.84 Å². The Bertz CT molecular complexity index is 504. The summed E-state index contributed by atoms with van der Waals surface area (Å²) in [5.74, 6) is 0. The van der Waals surface area contributed by atoms with Crippen molar-refractivity contribution < 1.29 is 13.2 Å². The molecule has 106 valence electrons. The van der Waals surface area contributed by atoms with E-state index in [1.54, 1.807) is 12.1 Å². The zero-order valence-corrected chi connectivity index (χ0v) is 12.2. The van der Waals surface area contributed by atoms with Crippen molar-refractivity contribution in [3.63, 3.8) is 0 Å². The first-order valence-electron chi connectivity index (χ1n) is 6.60. The molecule has 1 aliphatic heterocycles. The van der Waals surface area contributed by atoms with Gasteiger partial charge in [-0.1, -0.05) is 12.1 Å². The first-order chi connectivity index (χ1) is 8.97. The van der Waals surface area contributed by atoms with Crippen molar-refractivity contribution in [3.05, 3.63) is 29.8 Å². The fourth-order valence-corrected chi connectivity index (χ4v) is 2.96. The normalized spacial score (nSPS) is 22.1. The molecule has 1 saturated heterocycles. The van der Waals surface area contributed by atoms with Gasteiger partial charge in [-0.2, -0.15) is 0 Å². The summed E-state index contributed by atoms with van der Waals surface area (Å²) in [6.07, 6.45) is 3.45. The van der Waals surface area contributed by atoms with Gasteiger partial charge in [-0.05, 0) is 37.5 Å². The second kappa shape index (κ2) is 6.03. The van der Waals surface area contributed by atoms with Gasteiger partial charge in [0.05, 0.1) is 11.5 Å². The zero-order valence-electron chi connectivity index (χ0n) is 11.4. The average molecular weight is 283 g/mol. The van der Waals surface area contributed by atoms with Crippen LogP contribution in [0.15, 0.2) is 29.2 Å². The van der Waals surface area contributed by atoms with Gasteiger partial charge in [0.1, 0.15) is 0 Å². The third-order valence-corrected chi connectivity index (χ3v) is 4.58. The summed E-state index contributed by atoms with van der Waals surface area (Å²) >= 11 is 0. The van der Waals surface area contributed by atoms with E-state index in [9.17, 15) is 8.42 Å². The van der Waals surface area contributed by atoms with Gasteiger partial charge in [-0.15, -0.1) is 0 Å². The molecule has 2 unspecified atom stereocenters. The van der Waals surface area contributed by atoms with Crippen LogP contribution >= 0.6 is 0 Å². The summed E-state index contributed by atoms with van der Waals surface area (Å²) in [6, 6.07) is 7.66. The average Bonchev–Trinajstić information content (AvgIpc) is 2.39. The minimum absolute atomic E-state index is 0.195. The van der Waals surface area contributed by atoms with Gasteiger partial charge < -0.3 is 10.1 Å². The maximum Gasteiger partial charge on any atom is 0.175 e. The van der Waals surface area contributed by atoms with Crippen LogP contribution in [0.2, 0.25) is 0 Å². The van der Waals surface area contributed by atoms with Crippen LogP contribution in [-0.4, -0.2) is 33.9 Å². The van der Waals surface area contributed by atoms with Gasteiger partial charge in [0.2, 0.25) is 0 Å².